The molecule has 0 aromatic carbocycles. The SMILES string of the molecule is CC(NC(=O)CSc1nnc(N)n1C)c1ccco1. The van der Waals surface area contributed by atoms with Gasteiger partial charge < -0.3 is 15.5 Å². The average Bonchev–Trinajstić information content (AvgIpc) is 3.00. The number of furan rings is 1. The number of carbonyl (C=O) groups is 1. The Kier molecular flexibility index (Phi) is 4.10. The maximum Gasteiger partial charge on any atom is 0.231 e. The molecule has 2 aromatic rings. The smallest absolute Gasteiger partial charge is 0.231 e. The predicted octanol–water partition coefficient (Wildman–Crippen LogP) is 0.960. The van der Waals surface area contributed by atoms with Crippen LogP contribution in [0.4, 0.5) is 5.95 Å². The average molecular weight is 281 g/mol. The van der Waals surface area contributed by atoms with E-state index < -0.39 is 0 Å². The van der Waals surface area contributed by atoms with E-state index in [2.05, 4.69) is 15.5 Å². The summed E-state index contributed by atoms with van der Waals surface area (Å²) >= 11 is 1.28. The van der Waals surface area contributed by atoms with Crippen LogP contribution in [-0.2, 0) is 11.8 Å². The van der Waals surface area contributed by atoms with Crippen LogP contribution < -0.4 is 11.1 Å². The van der Waals surface area contributed by atoms with E-state index in [-0.39, 0.29) is 17.7 Å². The van der Waals surface area contributed by atoms with Gasteiger partial charge in [0.25, 0.3) is 0 Å². The van der Waals surface area contributed by atoms with Gasteiger partial charge in [0, 0.05) is 7.05 Å². The third-order valence-electron chi connectivity index (χ3n) is 2.55. The van der Waals surface area contributed by atoms with E-state index >= 15 is 0 Å². The zero-order valence-electron chi connectivity index (χ0n) is 10.7. The molecule has 2 rings (SSSR count). The molecular weight excluding hydrogens is 266 g/mol. The number of nitrogens with zero attached hydrogens (tertiary/aromatic N) is 3. The molecule has 2 aromatic heterocycles. The zero-order chi connectivity index (χ0) is 13.8. The minimum atomic E-state index is -0.160. The van der Waals surface area contributed by atoms with Crippen molar-refractivity contribution in [2.75, 3.05) is 11.5 Å². The molecule has 0 bridgehead atoms. The zero-order valence-corrected chi connectivity index (χ0v) is 11.5. The lowest BCUT2D eigenvalue weighted by Crippen LogP contribution is -2.28. The largest absolute Gasteiger partial charge is 0.467 e. The second kappa shape index (κ2) is 5.79. The molecule has 0 saturated carbocycles. The molecule has 0 radical (unpaired) electrons. The van der Waals surface area contributed by atoms with E-state index in [0.717, 1.165) is 5.76 Å². The third-order valence-corrected chi connectivity index (χ3v) is 3.57. The van der Waals surface area contributed by atoms with E-state index in [1.807, 2.05) is 13.0 Å². The molecule has 0 saturated heterocycles. The lowest BCUT2D eigenvalue weighted by atomic mass is 10.2. The quantitative estimate of drug-likeness (QED) is 0.792. The first-order chi connectivity index (χ1) is 9.08. The van der Waals surface area contributed by atoms with Gasteiger partial charge in [-0.25, -0.2) is 0 Å². The summed E-state index contributed by atoms with van der Waals surface area (Å²) in [5.74, 6) is 1.19. The number of rotatable bonds is 5. The van der Waals surface area contributed by atoms with Crippen LogP contribution in [0.3, 0.4) is 0 Å². The van der Waals surface area contributed by atoms with Crippen molar-refractivity contribution in [1.29, 1.82) is 0 Å². The van der Waals surface area contributed by atoms with Crippen LogP contribution in [0.2, 0.25) is 0 Å². The Hall–Kier alpha value is -1.96. The highest BCUT2D eigenvalue weighted by Crippen LogP contribution is 2.17. The molecule has 8 heteroatoms. The van der Waals surface area contributed by atoms with Crippen LogP contribution in [-0.4, -0.2) is 26.4 Å². The van der Waals surface area contributed by atoms with Crippen molar-refractivity contribution in [2.24, 2.45) is 7.05 Å². The fraction of sp³-hybridized carbons (Fsp3) is 0.364. The second-order valence-corrected chi connectivity index (χ2v) is 4.94. The molecular formula is C11H15N5O2S. The number of hydrogen-bond donors (Lipinski definition) is 2. The van der Waals surface area contributed by atoms with E-state index in [1.54, 1.807) is 23.9 Å². The maximum absolute atomic E-state index is 11.8. The van der Waals surface area contributed by atoms with E-state index in [1.165, 1.54) is 11.8 Å². The van der Waals surface area contributed by atoms with Crippen molar-refractivity contribution in [1.82, 2.24) is 20.1 Å². The topological polar surface area (TPSA) is 99.0 Å². The summed E-state index contributed by atoms with van der Waals surface area (Å²) in [6.07, 6.45) is 1.58. The number of nitrogen functional groups attached to an aromatic ring is 1. The van der Waals surface area contributed by atoms with Gasteiger partial charge in [0.2, 0.25) is 11.9 Å². The molecule has 102 valence electrons. The van der Waals surface area contributed by atoms with Crippen LogP contribution >= 0.6 is 11.8 Å². The highest BCUT2D eigenvalue weighted by Gasteiger charge is 2.13. The number of anilines is 1. The van der Waals surface area contributed by atoms with Crippen LogP contribution in [0.25, 0.3) is 0 Å². The van der Waals surface area contributed by atoms with Gasteiger partial charge in [-0.05, 0) is 19.1 Å². The number of carbonyl (C=O) groups excluding carboxylic acids is 1. The Balaban J connectivity index is 1.83. The van der Waals surface area contributed by atoms with Crippen molar-refractivity contribution in [3.05, 3.63) is 24.2 Å². The van der Waals surface area contributed by atoms with Crippen molar-refractivity contribution >= 4 is 23.6 Å². The third kappa shape index (κ3) is 3.28. The number of nitrogens with two attached hydrogens (primary N) is 1. The van der Waals surface area contributed by atoms with E-state index in [0.29, 0.717) is 11.1 Å². The Morgan fingerprint density at radius 3 is 3.00 bits per heavy atom. The summed E-state index contributed by atoms with van der Waals surface area (Å²) in [5, 5.41) is 11.0. The first kappa shape index (κ1) is 13.5. The van der Waals surface area contributed by atoms with Gasteiger partial charge in [0.1, 0.15) is 5.76 Å². The minimum absolute atomic E-state index is 0.101. The van der Waals surface area contributed by atoms with Gasteiger partial charge in [-0.2, -0.15) is 0 Å². The van der Waals surface area contributed by atoms with Crippen molar-refractivity contribution in [3.63, 3.8) is 0 Å². The summed E-state index contributed by atoms with van der Waals surface area (Å²) in [6, 6.07) is 3.45. The van der Waals surface area contributed by atoms with Crippen molar-refractivity contribution in [3.8, 4) is 0 Å². The molecule has 2 heterocycles. The highest BCUT2D eigenvalue weighted by molar-refractivity contribution is 7.99. The molecule has 7 nitrogen and oxygen atoms in total. The van der Waals surface area contributed by atoms with Crippen LogP contribution in [0.15, 0.2) is 28.0 Å². The Morgan fingerprint density at radius 2 is 2.42 bits per heavy atom. The number of amides is 1. The number of hydrogen-bond acceptors (Lipinski definition) is 6. The summed E-state index contributed by atoms with van der Waals surface area (Å²) < 4.78 is 6.85. The summed E-state index contributed by atoms with van der Waals surface area (Å²) in [6.45, 7) is 1.86. The highest BCUT2D eigenvalue weighted by atomic mass is 32.2. The van der Waals surface area contributed by atoms with Crippen molar-refractivity contribution in [2.45, 2.75) is 18.1 Å². The molecule has 19 heavy (non-hydrogen) atoms. The molecule has 0 fully saturated rings. The molecule has 1 amide bonds. The monoisotopic (exact) mass is 281 g/mol. The van der Waals surface area contributed by atoms with Crippen LogP contribution in [0.1, 0.15) is 18.7 Å². The molecule has 1 unspecified atom stereocenters. The normalized spacial score (nSPS) is 12.3. The van der Waals surface area contributed by atoms with Gasteiger partial charge in [0.05, 0.1) is 18.1 Å². The summed E-state index contributed by atoms with van der Waals surface area (Å²) in [5.41, 5.74) is 5.55. The number of aromatic nitrogens is 3. The number of nitrogens with one attached hydrogen (secondary N) is 1. The van der Waals surface area contributed by atoms with E-state index in [4.69, 9.17) is 10.2 Å². The lowest BCUT2D eigenvalue weighted by molar-refractivity contribution is -0.119. The number of thioether (sulfide) groups is 1. The second-order valence-electron chi connectivity index (χ2n) is 3.99. The standard InChI is InChI=1S/C11H15N5O2S/c1-7(8-4-3-5-18-8)13-9(17)6-19-11-15-14-10(12)16(11)2/h3-5,7H,6H2,1-2H3,(H2,12,14)(H,13,17). The molecule has 0 aliphatic carbocycles. The van der Waals surface area contributed by atoms with Gasteiger partial charge in [-0.3, -0.25) is 9.36 Å². The molecule has 0 spiro atoms. The Bertz CT molecular complexity index is 551. The fourth-order valence-electron chi connectivity index (χ4n) is 1.47. The van der Waals surface area contributed by atoms with Gasteiger partial charge in [0.15, 0.2) is 5.16 Å². The predicted molar refractivity (Wildman–Crippen MR) is 71.4 cm³/mol. The Morgan fingerprint density at radius 1 is 1.63 bits per heavy atom. The first-order valence-electron chi connectivity index (χ1n) is 5.68. The summed E-state index contributed by atoms with van der Waals surface area (Å²) in [7, 11) is 1.75. The van der Waals surface area contributed by atoms with Crippen molar-refractivity contribution < 1.29 is 9.21 Å². The van der Waals surface area contributed by atoms with E-state index in [9.17, 15) is 4.79 Å². The van der Waals surface area contributed by atoms with Gasteiger partial charge in [-0.1, -0.05) is 11.8 Å². The molecule has 0 aliphatic heterocycles. The maximum atomic E-state index is 11.8. The molecule has 3 N–H and O–H groups in total. The minimum Gasteiger partial charge on any atom is -0.467 e. The van der Waals surface area contributed by atoms with Crippen LogP contribution in [0.5, 0.6) is 0 Å². The summed E-state index contributed by atoms with van der Waals surface area (Å²) in [4.78, 5) is 11.8. The lowest BCUT2D eigenvalue weighted by Gasteiger charge is -2.10. The molecule has 0 aliphatic rings. The van der Waals surface area contributed by atoms with Gasteiger partial charge >= 0.3 is 0 Å². The Labute approximate surface area is 114 Å². The fourth-order valence-corrected chi connectivity index (χ4v) is 2.20. The molecule has 1 atom stereocenters. The first-order valence-corrected chi connectivity index (χ1v) is 6.67. The van der Waals surface area contributed by atoms with Gasteiger partial charge in [-0.15, -0.1) is 10.2 Å². The van der Waals surface area contributed by atoms with Crippen LogP contribution in [0, 0.1) is 0 Å².